The molecule has 0 radical (unpaired) electrons. The van der Waals surface area contributed by atoms with E-state index >= 15 is 0 Å². The van der Waals surface area contributed by atoms with Gasteiger partial charge in [0.25, 0.3) is 0 Å². The van der Waals surface area contributed by atoms with E-state index in [4.69, 9.17) is 0 Å². The fourth-order valence-electron chi connectivity index (χ4n) is 3.47. The summed E-state index contributed by atoms with van der Waals surface area (Å²) in [5.74, 6) is 0. The van der Waals surface area contributed by atoms with Gasteiger partial charge in [0.15, 0.2) is 0 Å². The highest BCUT2D eigenvalue weighted by molar-refractivity contribution is 5.84. The van der Waals surface area contributed by atoms with E-state index < -0.39 is 0 Å². The van der Waals surface area contributed by atoms with Crippen molar-refractivity contribution in [2.75, 3.05) is 18.4 Å². The number of benzene rings is 1. The Kier molecular flexibility index (Phi) is 4.38. The maximum atomic E-state index is 4.18. The Bertz CT molecular complexity index is 803. The molecule has 1 N–H and O–H groups in total. The second-order valence-corrected chi connectivity index (χ2v) is 6.51. The molecule has 1 aromatic carbocycles. The molecule has 0 spiro atoms. The topological polar surface area (TPSA) is 41.0 Å². The average Bonchev–Trinajstić information content (AvgIpc) is 2.63. The van der Waals surface area contributed by atoms with E-state index in [0.717, 1.165) is 13.1 Å². The van der Waals surface area contributed by atoms with Crippen molar-refractivity contribution in [3.05, 3.63) is 66.7 Å². The van der Waals surface area contributed by atoms with Gasteiger partial charge in [-0.2, -0.15) is 0 Å². The number of hydrogen-bond acceptors (Lipinski definition) is 4. The molecule has 4 rings (SSSR count). The monoisotopic (exact) mass is 318 g/mol. The first-order valence-electron chi connectivity index (χ1n) is 8.58. The number of rotatable bonds is 4. The first kappa shape index (κ1) is 15.1. The normalized spacial score (nSPS) is 18.6. The molecular formula is C20H22N4. The lowest BCUT2D eigenvalue weighted by molar-refractivity contribution is 0.208. The van der Waals surface area contributed by atoms with Crippen LogP contribution in [0.4, 0.5) is 5.69 Å². The first-order valence-corrected chi connectivity index (χ1v) is 8.58. The van der Waals surface area contributed by atoms with Crippen LogP contribution >= 0.6 is 0 Å². The Hall–Kier alpha value is -2.46. The summed E-state index contributed by atoms with van der Waals surface area (Å²) in [5.41, 5.74) is 2.54. The molecule has 1 fully saturated rings. The van der Waals surface area contributed by atoms with Crippen LogP contribution in [0.5, 0.6) is 0 Å². The lowest BCUT2D eigenvalue weighted by Gasteiger charge is -2.33. The summed E-state index contributed by atoms with van der Waals surface area (Å²) in [7, 11) is 0. The second kappa shape index (κ2) is 6.97. The molecule has 24 heavy (non-hydrogen) atoms. The Morgan fingerprint density at radius 3 is 2.79 bits per heavy atom. The molecule has 122 valence electrons. The molecule has 1 unspecified atom stereocenters. The van der Waals surface area contributed by atoms with E-state index in [1.807, 2.05) is 24.8 Å². The minimum atomic E-state index is 0.500. The quantitative estimate of drug-likeness (QED) is 0.796. The minimum absolute atomic E-state index is 0.500. The van der Waals surface area contributed by atoms with Crippen LogP contribution in [0.15, 0.2) is 61.2 Å². The Labute approximate surface area is 142 Å². The van der Waals surface area contributed by atoms with Crippen LogP contribution < -0.4 is 5.32 Å². The number of piperidine rings is 1. The lowest BCUT2D eigenvalue weighted by atomic mass is 10.0. The molecule has 0 amide bonds. The number of pyridine rings is 2. The van der Waals surface area contributed by atoms with Gasteiger partial charge in [-0.25, -0.2) is 0 Å². The molecule has 3 heterocycles. The van der Waals surface area contributed by atoms with Crippen molar-refractivity contribution >= 4 is 16.5 Å². The largest absolute Gasteiger partial charge is 0.381 e. The van der Waals surface area contributed by atoms with Crippen LogP contribution in [0.2, 0.25) is 0 Å². The zero-order chi connectivity index (χ0) is 16.2. The molecule has 1 atom stereocenters. The SMILES string of the molecule is c1cc(CN2CCCC(Nc3ccc4cnccc4c3)C2)ccn1. The van der Waals surface area contributed by atoms with Crippen molar-refractivity contribution < 1.29 is 0 Å². The number of likely N-dealkylation sites (tertiary alicyclic amines) is 1. The van der Waals surface area contributed by atoms with Gasteiger partial charge in [0, 0.05) is 55.0 Å². The lowest BCUT2D eigenvalue weighted by Crippen LogP contribution is -2.41. The maximum absolute atomic E-state index is 4.18. The van der Waals surface area contributed by atoms with Crippen molar-refractivity contribution in [3.8, 4) is 0 Å². The van der Waals surface area contributed by atoms with Crippen LogP contribution in [0.25, 0.3) is 10.8 Å². The van der Waals surface area contributed by atoms with E-state index in [-0.39, 0.29) is 0 Å². The molecular weight excluding hydrogens is 296 g/mol. The third kappa shape index (κ3) is 3.54. The third-order valence-corrected chi connectivity index (χ3v) is 4.67. The Morgan fingerprint density at radius 2 is 1.88 bits per heavy atom. The summed E-state index contributed by atoms with van der Waals surface area (Å²) in [6.45, 7) is 3.25. The molecule has 0 aliphatic carbocycles. The summed E-state index contributed by atoms with van der Waals surface area (Å²) < 4.78 is 0. The highest BCUT2D eigenvalue weighted by Gasteiger charge is 2.19. The van der Waals surface area contributed by atoms with Gasteiger partial charge in [-0.3, -0.25) is 14.9 Å². The van der Waals surface area contributed by atoms with Gasteiger partial charge in [0.2, 0.25) is 0 Å². The van der Waals surface area contributed by atoms with Crippen molar-refractivity contribution in [3.63, 3.8) is 0 Å². The van der Waals surface area contributed by atoms with E-state index in [0.29, 0.717) is 6.04 Å². The standard InChI is InChI=1S/C20H22N4/c1-2-20(15-24(11-1)14-16-5-8-21-9-6-16)23-19-4-3-18-13-22-10-7-17(18)12-19/h3-10,12-13,20,23H,1-2,11,14-15H2. The van der Waals surface area contributed by atoms with Crippen LogP contribution in [0.1, 0.15) is 18.4 Å². The number of anilines is 1. The average molecular weight is 318 g/mol. The molecule has 1 aliphatic heterocycles. The second-order valence-electron chi connectivity index (χ2n) is 6.51. The fraction of sp³-hybridized carbons (Fsp3) is 0.300. The number of aromatic nitrogens is 2. The molecule has 3 aromatic rings. The minimum Gasteiger partial charge on any atom is -0.381 e. The summed E-state index contributed by atoms with van der Waals surface area (Å²) >= 11 is 0. The molecule has 1 saturated heterocycles. The molecule has 1 aliphatic rings. The summed E-state index contributed by atoms with van der Waals surface area (Å²) in [6, 6.07) is 13.3. The first-order chi connectivity index (χ1) is 11.9. The van der Waals surface area contributed by atoms with Gasteiger partial charge >= 0.3 is 0 Å². The molecule has 4 heteroatoms. The summed E-state index contributed by atoms with van der Waals surface area (Å²) in [6.07, 6.45) is 9.97. The number of nitrogens with zero attached hydrogens (tertiary/aromatic N) is 3. The van der Waals surface area contributed by atoms with Crippen LogP contribution in [-0.2, 0) is 6.54 Å². The van der Waals surface area contributed by atoms with Crippen molar-refractivity contribution in [1.82, 2.24) is 14.9 Å². The van der Waals surface area contributed by atoms with Gasteiger partial charge in [-0.1, -0.05) is 6.07 Å². The molecule has 0 saturated carbocycles. The van der Waals surface area contributed by atoms with Gasteiger partial charge in [0.1, 0.15) is 0 Å². The van der Waals surface area contributed by atoms with E-state index in [9.17, 15) is 0 Å². The zero-order valence-corrected chi connectivity index (χ0v) is 13.7. The predicted octanol–water partition coefficient (Wildman–Crippen LogP) is 3.71. The van der Waals surface area contributed by atoms with Crippen LogP contribution in [0.3, 0.4) is 0 Å². The van der Waals surface area contributed by atoms with Gasteiger partial charge in [-0.05, 0) is 60.7 Å². The highest BCUT2D eigenvalue weighted by Crippen LogP contribution is 2.21. The Morgan fingerprint density at radius 1 is 1.00 bits per heavy atom. The number of fused-ring (bicyclic) bond motifs is 1. The van der Waals surface area contributed by atoms with Crippen LogP contribution in [0, 0.1) is 0 Å². The summed E-state index contributed by atoms with van der Waals surface area (Å²) in [4.78, 5) is 10.8. The maximum Gasteiger partial charge on any atom is 0.0389 e. The highest BCUT2D eigenvalue weighted by atomic mass is 15.2. The predicted molar refractivity (Wildman–Crippen MR) is 97.9 cm³/mol. The van der Waals surface area contributed by atoms with Crippen molar-refractivity contribution in [1.29, 1.82) is 0 Å². The van der Waals surface area contributed by atoms with Gasteiger partial charge in [0.05, 0.1) is 0 Å². The van der Waals surface area contributed by atoms with Crippen molar-refractivity contribution in [2.45, 2.75) is 25.4 Å². The Balaban J connectivity index is 1.42. The van der Waals surface area contributed by atoms with Gasteiger partial charge in [-0.15, -0.1) is 0 Å². The van der Waals surface area contributed by atoms with Crippen molar-refractivity contribution in [2.24, 2.45) is 0 Å². The molecule has 0 bridgehead atoms. The van der Waals surface area contributed by atoms with Crippen LogP contribution in [-0.4, -0.2) is 34.0 Å². The molecule has 4 nitrogen and oxygen atoms in total. The van der Waals surface area contributed by atoms with Gasteiger partial charge < -0.3 is 5.32 Å². The van der Waals surface area contributed by atoms with E-state index in [2.05, 4.69) is 56.6 Å². The third-order valence-electron chi connectivity index (χ3n) is 4.67. The number of nitrogens with one attached hydrogen (secondary N) is 1. The smallest absolute Gasteiger partial charge is 0.0389 e. The molecule has 2 aromatic heterocycles. The fourth-order valence-corrected chi connectivity index (χ4v) is 3.47. The van der Waals surface area contributed by atoms with E-state index in [1.165, 1.54) is 41.4 Å². The zero-order valence-electron chi connectivity index (χ0n) is 13.7. The number of hydrogen-bond donors (Lipinski definition) is 1. The van der Waals surface area contributed by atoms with E-state index in [1.54, 1.807) is 0 Å². The summed E-state index contributed by atoms with van der Waals surface area (Å²) in [5, 5.41) is 6.14.